The zero-order valence-corrected chi connectivity index (χ0v) is 18.0. The Kier molecular flexibility index (Phi) is 5.40. The Balaban J connectivity index is 1.69. The summed E-state index contributed by atoms with van der Waals surface area (Å²) < 4.78 is 6.23. The normalized spacial score (nSPS) is 12.3. The number of aliphatic imine (C=N–C) groups is 1. The predicted molar refractivity (Wildman–Crippen MR) is 117 cm³/mol. The van der Waals surface area contributed by atoms with E-state index in [1.54, 1.807) is 12.4 Å². The van der Waals surface area contributed by atoms with Gasteiger partial charge in [-0.15, -0.1) is 10.2 Å². The molecule has 0 amide bonds. The van der Waals surface area contributed by atoms with Crippen LogP contribution in [0.3, 0.4) is 0 Å². The van der Waals surface area contributed by atoms with Crippen molar-refractivity contribution >= 4 is 45.9 Å². The molecule has 30 heavy (non-hydrogen) atoms. The number of nitrogens with one attached hydrogen (secondary N) is 1. The smallest absolute Gasteiger partial charge is 0.343 e. The quantitative estimate of drug-likeness (QED) is 0.597. The zero-order valence-electron chi connectivity index (χ0n) is 16.5. The number of rotatable bonds is 5. The Labute approximate surface area is 181 Å². The topological polar surface area (TPSA) is 98.5 Å². The number of fused-ring (bicyclic) bond motifs is 1. The summed E-state index contributed by atoms with van der Waals surface area (Å²) in [7, 11) is 1.24. The third-order valence-corrected chi connectivity index (χ3v) is 5.97. The fraction of sp³-hybridized carbons (Fsp3) is 0.250. The number of hydrogen-bond acceptors (Lipinski definition) is 8. The Morgan fingerprint density at radius 1 is 1.33 bits per heavy atom. The van der Waals surface area contributed by atoms with Gasteiger partial charge in [-0.2, -0.15) is 0 Å². The van der Waals surface area contributed by atoms with Crippen molar-refractivity contribution in [1.82, 2.24) is 14.8 Å². The molecule has 0 saturated heterocycles. The second-order valence-corrected chi connectivity index (χ2v) is 8.30. The van der Waals surface area contributed by atoms with E-state index in [4.69, 9.17) is 16.3 Å². The molecule has 10 heteroatoms. The van der Waals surface area contributed by atoms with Crippen LogP contribution in [0.15, 0.2) is 34.2 Å². The average Bonchev–Trinajstić information content (AvgIpc) is 3.39. The number of methoxy groups -OCH3 is 1. The summed E-state index contributed by atoms with van der Waals surface area (Å²) in [4.78, 5) is 28.9. The van der Waals surface area contributed by atoms with Crippen molar-refractivity contribution in [2.24, 2.45) is 4.99 Å². The van der Waals surface area contributed by atoms with Gasteiger partial charge < -0.3 is 14.6 Å². The summed E-state index contributed by atoms with van der Waals surface area (Å²) in [5.74, 6) is -0.689. The molecule has 3 aromatic rings. The van der Waals surface area contributed by atoms with E-state index in [1.807, 2.05) is 26.0 Å². The van der Waals surface area contributed by atoms with Crippen molar-refractivity contribution in [1.29, 1.82) is 0 Å². The van der Waals surface area contributed by atoms with Crippen LogP contribution in [0.1, 0.15) is 41.4 Å². The molecule has 0 unspecified atom stereocenters. The molecule has 1 aromatic carbocycles. The molecular weight excluding hydrogens is 426 g/mol. The fourth-order valence-corrected chi connectivity index (χ4v) is 4.12. The highest BCUT2D eigenvalue weighted by Crippen LogP contribution is 2.34. The summed E-state index contributed by atoms with van der Waals surface area (Å²) in [6.07, 6.45) is 3.43. The standard InChI is InChI=1S/C20H18ClN5O3S/c1-10(2)26-9-12(6-13(18(26)27)19(28)29-3)17-24-25-20(30-17)23-15-5-4-11-7-22-8-14(11)16(15)21/h4-6,8-10H,7H2,1-3H3,(H,23,25). The van der Waals surface area contributed by atoms with Gasteiger partial charge in [-0.05, 0) is 31.5 Å². The summed E-state index contributed by atoms with van der Waals surface area (Å²) >= 11 is 7.77. The van der Waals surface area contributed by atoms with Crippen LogP contribution in [-0.4, -0.2) is 34.1 Å². The number of hydrogen-bond donors (Lipinski definition) is 1. The monoisotopic (exact) mass is 443 g/mol. The van der Waals surface area contributed by atoms with Gasteiger partial charge in [0.05, 0.1) is 24.4 Å². The molecule has 1 N–H and O–H groups in total. The van der Waals surface area contributed by atoms with Crippen LogP contribution in [0.25, 0.3) is 10.6 Å². The number of carbonyl (C=O) groups is 1. The number of pyridine rings is 1. The molecule has 0 saturated carbocycles. The maximum absolute atomic E-state index is 12.6. The molecule has 0 fully saturated rings. The van der Waals surface area contributed by atoms with Crippen LogP contribution in [0.4, 0.5) is 10.8 Å². The average molecular weight is 444 g/mol. The molecule has 0 atom stereocenters. The molecule has 1 aliphatic rings. The van der Waals surface area contributed by atoms with Gasteiger partial charge in [-0.3, -0.25) is 9.79 Å². The van der Waals surface area contributed by atoms with Crippen LogP contribution in [0, 0.1) is 0 Å². The molecule has 0 bridgehead atoms. The van der Waals surface area contributed by atoms with Gasteiger partial charge in [0, 0.05) is 29.6 Å². The molecule has 3 heterocycles. The van der Waals surface area contributed by atoms with E-state index >= 15 is 0 Å². The Morgan fingerprint density at radius 3 is 2.87 bits per heavy atom. The highest BCUT2D eigenvalue weighted by molar-refractivity contribution is 7.18. The van der Waals surface area contributed by atoms with Gasteiger partial charge in [-0.25, -0.2) is 4.79 Å². The number of nitrogens with zero attached hydrogens (tertiary/aromatic N) is 4. The highest BCUT2D eigenvalue weighted by Gasteiger charge is 2.19. The van der Waals surface area contributed by atoms with Gasteiger partial charge >= 0.3 is 5.97 Å². The van der Waals surface area contributed by atoms with Crippen molar-refractivity contribution in [3.8, 4) is 10.6 Å². The predicted octanol–water partition coefficient (Wildman–Crippen LogP) is 4.06. The highest BCUT2D eigenvalue weighted by atomic mass is 35.5. The molecule has 8 nitrogen and oxygen atoms in total. The molecule has 2 aromatic heterocycles. The minimum absolute atomic E-state index is 0.0469. The number of anilines is 2. The second-order valence-electron chi connectivity index (χ2n) is 6.95. The number of carbonyl (C=O) groups excluding carboxylic acids is 1. The first-order valence-corrected chi connectivity index (χ1v) is 10.3. The van der Waals surface area contributed by atoms with Gasteiger partial charge in [0.15, 0.2) is 5.01 Å². The lowest BCUT2D eigenvalue weighted by Crippen LogP contribution is -2.28. The van der Waals surface area contributed by atoms with Gasteiger partial charge in [-0.1, -0.05) is 29.0 Å². The lowest BCUT2D eigenvalue weighted by Gasteiger charge is -2.12. The van der Waals surface area contributed by atoms with Crippen molar-refractivity contribution in [3.05, 3.63) is 56.5 Å². The van der Waals surface area contributed by atoms with Crippen molar-refractivity contribution in [3.63, 3.8) is 0 Å². The first kappa shape index (κ1) is 20.2. The molecule has 0 spiro atoms. The lowest BCUT2D eigenvalue weighted by atomic mass is 10.1. The molecular formula is C20H18ClN5O3S. The SMILES string of the molecule is COC(=O)c1cc(-c2nnc(Nc3ccc4c(c3Cl)C=NC4)s2)cn(C(C)C)c1=O. The summed E-state index contributed by atoms with van der Waals surface area (Å²) in [5, 5.41) is 13.2. The summed E-state index contributed by atoms with van der Waals surface area (Å²) in [6.45, 7) is 4.35. The minimum atomic E-state index is -0.689. The first-order chi connectivity index (χ1) is 14.4. The number of halogens is 1. The first-order valence-electron chi connectivity index (χ1n) is 9.15. The van der Waals surface area contributed by atoms with Crippen molar-refractivity contribution in [2.75, 3.05) is 12.4 Å². The molecule has 0 aliphatic carbocycles. The lowest BCUT2D eigenvalue weighted by molar-refractivity contribution is 0.0598. The van der Waals surface area contributed by atoms with E-state index in [9.17, 15) is 9.59 Å². The van der Waals surface area contributed by atoms with E-state index in [2.05, 4.69) is 20.5 Å². The largest absolute Gasteiger partial charge is 0.465 e. The van der Waals surface area contributed by atoms with E-state index < -0.39 is 11.5 Å². The third-order valence-electron chi connectivity index (χ3n) is 4.67. The Morgan fingerprint density at radius 2 is 2.13 bits per heavy atom. The Bertz CT molecular complexity index is 1230. The third kappa shape index (κ3) is 3.61. The van der Waals surface area contributed by atoms with Crippen LogP contribution in [0.5, 0.6) is 0 Å². The number of esters is 1. The minimum Gasteiger partial charge on any atom is -0.465 e. The number of benzene rings is 1. The molecule has 4 rings (SSSR count). The molecule has 1 aliphatic heterocycles. The number of aromatic nitrogens is 3. The maximum Gasteiger partial charge on any atom is 0.343 e. The van der Waals surface area contributed by atoms with E-state index in [0.717, 1.165) is 11.1 Å². The maximum atomic E-state index is 12.6. The van der Waals surface area contributed by atoms with Crippen LogP contribution in [0.2, 0.25) is 5.02 Å². The summed E-state index contributed by atoms with van der Waals surface area (Å²) in [6, 6.07) is 5.19. The van der Waals surface area contributed by atoms with Crippen molar-refractivity contribution in [2.45, 2.75) is 26.4 Å². The van der Waals surface area contributed by atoms with Gasteiger partial charge in [0.1, 0.15) is 5.56 Å². The van der Waals surface area contributed by atoms with E-state index in [1.165, 1.54) is 29.1 Å². The number of ether oxygens (including phenoxy) is 1. The summed E-state index contributed by atoms with van der Waals surface area (Å²) in [5.41, 5.74) is 2.83. The zero-order chi connectivity index (χ0) is 21.4. The fourth-order valence-electron chi connectivity index (χ4n) is 3.11. The van der Waals surface area contributed by atoms with Gasteiger partial charge in [0.25, 0.3) is 5.56 Å². The van der Waals surface area contributed by atoms with E-state index in [-0.39, 0.29) is 11.6 Å². The van der Waals surface area contributed by atoms with Crippen LogP contribution < -0.4 is 10.9 Å². The Hall–Kier alpha value is -3.04. The van der Waals surface area contributed by atoms with Gasteiger partial charge in [0.2, 0.25) is 5.13 Å². The van der Waals surface area contributed by atoms with E-state index in [0.29, 0.717) is 33.0 Å². The van der Waals surface area contributed by atoms with Crippen LogP contribution >= 0.6 is 22.9 Å². The molecule has 0 radical (unpaired) electrons. The second kappa shape index (κ2) is 8.00. The molecule has 154 valence electrons. The van der Waals surface area contributed by atoms with Crippen molar-refractivity contribution < 1.29 is 9.53 Å². The van der Waals surface area contributed by atoms with Crippen LogP contribution in [-0.2, 0) is 11.3 Å².